The summed E-state index contributed by atoms with van der Waals surface area (Å²) in [5, 5.41) is 3.16. The fraction of sp³-hybridized carbons (Fsp3) is 0.250. The number of rotatable bonds is 3. The molecule has 0 spiro atoms. The number of hydrogen-bond acceptors (Lipinski definition) is 4. The number of anilines is 1. The van der Waals surface area contributed by atoms with Gasteiger partial charge in [0.25, 0.3) is 0 Å². The first kappa shape index (κ1) is 10.5. The molecule has 0 radical (unpaired) electrons. The minimum Gasteiger partial charge on any atom is -0.349 e. The normalized spacial score (nSPS) is 10.1. The highest BCUT2D eigenvalue weighted by atomic mass is 15.1. The average molecular weight is 214 g/mol. The maximum absolute atomic E-state index is 4.30. The fourth-order valence-electron chi connectivity index (χ4n) is 1.40. The van der Waals surface area contributed by atoms with E-state index in [1.165, 1.54) is 5.56 Å². The SMILES string of the molecule is Cc1ccnc(NCc2ncccc2C)n1. The maximum Gasteiger partial charge on any atom is 0.223 e. The average Bonchev–Trinajstić information content (AvgIpc) is 2.28. The minimum atomic E-state index is 0.644. The van der Waals surface area contributed by atoms with Gasteiger partial charge in [-0.1, -0.05) is 6.07 Å². The second kappa shape index (κ2) is 4.70. The molecule has 0 saturated heterocycles. The first-order chi connectivity index (χ1) is 7.75. The van der Waals surface area contributed by atoms with Crippen molar-refractivity contribution in [3.8, 4) is 0 Å². The monoisotopic (exact) mass is 214 g/mol. The Morgan fingerprint density at radius 2 is 2.00 bits per heavy atom. The number of pyridine rings is 1. The minimum absolute atomic E-state index is 0.644. The highest BCUT2D eigenvalue weighted by Gasteiger charge is 2.00. The Balaban J connectivity index is 2.05. The molecule has 2 aromatic rings. The van der Waals surface area contributed by atoms with E-state index in [4.69, 9.17) is 0 Å². The first-order valence-corrected chi connectivity index (χ1v) is 5.20. The summed E-state index contributed by atoms with van der Waals surface area (Å²) in [4.78, 5) is 12.7. The zero-order valence-electron chi connectivity index (χ0n) is 9.44. The summed E-state index contributed by atoms with van der Waals surface area (Å²) in [6.45, 7) is 4.64. The third-order valence-electron chi connectivity index (χ3n) is 2.33. The predicted octanol–water partition coefficient (Wildman–Crippen LogP) is 2.10. The molecule has 2 aromatic heterocycles. The Hall–Kier alpha value is -1.97. The van der Waals surface area contributed by atoms with Gasteiger partial charge in [-0.2, -0.15) is 0 Å². The summed E-state index contributed by atoms with van der Waals surface area (Å²) in [5.74, 6) is 0.644. The first-order valence-electron chi connectivity index (χ1n) is 5.20. The van der Waals surface area contributed by atoms with Crippen LogP contribution in [0.15, 0.2) is 30.6 Å². The molecule has 0 amide bonds. The molecule has 4 heteroatoms. The van der Waals surface area contributed by atoms with Crippen LogP contribution in [0.5, 0.6) is 0 Å². The largest absolute Gasteiger partial charge is 0.349 e. The van der Waals surface area contributed by atoms with Crippen molar-refractivity contribution < 1.29 is 0 Å². The van der Waals surface area contributed by atoms with Crippen LogP contribution in [0.2, 0.25) is 0 Å². The van der Waals surface area contributed by atoms with Gasteiger partial charge in [-0.05, 0) is 31.5 Å². The highest BCUT2D eigenvalue weighted by molar-refractivity contribution is 5.28. The van der Waals surface area contributed by atoms with Crippen molar-refractivity contribution >= 4 is 5.95 Å². The quantitative estimate of drug-likeness (QED) is 0.850. The molecule has 0 unspecified atom stereocenters. The van der Waals surface area contributed by atoms with Gasteiger partial charge in [0.05, 0.1) is 12.2 Å². The van der Waals surface area contributed by atoms with Crippen molar-refractivity contribution in [3.05, 3.63) is 47.5 Å². The van der Waals surface area contributed by atoms with E-state index in [1.54, 1.807) is 12.4 Å². The molecular formula is C12H14N4. The molecule has 2 rings (SSSR count). The van der Waals surface area contributed by atoms with E-state index in [1.807, 2.05) is 32.0 Å². The molecule has 16 heavy (non-hydrogen) atoms. The van der Waals surface area contributed by atoms with Crippen LogP contribution in [-0.4, -0.2) is 15.0 Å². The van der Waals surface area contributed by atoms with E-state index in [-0.39, 0.29) is 0 Å². The Morgan fingerprint density at radius 1 is 1.12 bits per heavy atom. The van der Waals surface area contributed by atoms with Gasteiger partial charge in [-0.3, -0.25) is 4.98 Å². The lowest BCUT2D eigenvalue weighted by atomic mass is 10.2. The van der Waals surface area contributed by atoms with Crippen LogP contribution in [0.25, 0.3) is 0 Å². The van der Waals surface area contributed by atoms with Crippen LogP contribution in [0.4, 0.5) is 5.95 Å². The molecule has 0 aliphatic rings. The zero-order valence-corrected chi connectivity index (χ0v) is 9.44. The Kier molecular flexibility index (Phi) is 3.10. The van der Waals surface area contributed by atoms with Crippen LogP contribution in [0.1, 0.15) is 17.0 Å². The molecule has 2 heterocycles. The van der Waals surface area contributed by atoms with Gasteiger partial charge in [0.2, 0.25) is 5.95 Å². The number of hydrogen-bond donors (Lipinski definition) is 1. The molecule has 0 fully saturated rings. The molecule has 0 atom stereocenters. The molecule has 0 aliphatic carbocycles. The topological polar surface area (TPSA) is 50.7 Å². The lowest BCUT2D eigenvalue weighted by molar-refractivity contribution is 0.974. The van der Waals surface area contributed by atoms with Crippen molar-refractivity contribution in [2.75, 3.05) is 5.32 Å². The van der Waals surface area contributed by atoms with Gasteiger partial charge in [-0.15, -0.1) is 0 Å². The van der Waals surface area contributed by atoms with Gasteiger partial charge in [0.15, 0.2) is 0 Å². The molecule has 0 aromatic carbocycles. The Labute approximate surface area is 94.8 Å². The van der Waals surface area contributed by atoms with Gasteiger partial charge in [-0.25, -0.2) is 9.97 Å². The smallest absolute Gasteiger partial charge is 0.223 e. The molecule has 0 saturated carbocycles. The summed E-state index contributed by atoms with van der Waals surface area (Å²) >= 11 is 0. The third kappa shape index (κ3) is 2.53. The molecule has 1 N–H and O–H groups in total. The van der Waals surface area contributed by atoms with Crippen molar-refractivity contribution in [2.24, 2.45) is 0 Å². The second-order valence-electron chi connectivity index (χ2n) is 3.64. The van der Waals surface area contributed by atoms with Crippen molar-refractivity contribution in [2.45, 2.75) is 20.4 Å². The number of nitrogens with one attached hydrogen (secondary N) is 1. The van der Waals surface area contributed by atoms with Gasteiger partial charge >= 0.3 is 0 Å². The lowest BCUT2D eigenvalue weighted by Crippen LogP contribution is -2.06. The van der Waals surface area contributed by atoms with E-state index < -0.39 is 0 Å². The summed E-state index contributed by atoms with van der Waals surface area (Å²) in [5.41, 5.74) is 3.14. The fourth-order valence-corrected chi connectivity index (χ4v) is 1.40. The molecule has 0 bridgehead atoms. The van der Waals surface area contributed by atoms with Crippen LogP contribution in [0.3, 0.4) is 0 Å². The lowest BCUT2D eigenvalue weighted by Gasteiger charge is -2.06. The van der Waals surface area contributed by atoms with Crippen LogP contribution < -0.4 is 5.32 Å². The van der Waals surface area contributed by atoms with Crippen LogP contribution in [0, 0.1) is 13.8 Å². The van der Waals surface area contributed by atoms with E-state index in [9.17, 15) is 0 Å². The van der Waals surface area contributed by atoms with Crippen molar-refractivity contribution in [1.82, 2.24) is 15.0 Å². The van der Waals surface area contributed by atoms with Crippen LogP contribution >= 0.6 is 0 Å². The third-order valence-corrected chi connectivity index (χ3v) is 2.33. The maximum atomic E-state index is 4.30. The molecule has 4 nitrogen and oxygen atoms in total. The highest BCUT2D eigenvalue weighted by Crippen LogP contribution is 2.06. The molecule has 0 aliphatic heterocycles. The Bertz CT molecular complexity index is 482. The summed E-state index contributed by atoms with van der Waals surface area (Å²) in [6.07, 6.45) is 3.54. The number of aryl methyl sites for hydroxylation is 2. The zero-order chi connectivity index (χ0) is 11.4. The van der Waals surface area contributed by atoms with Gasteiger partial charge < -0.3 is 5.32 Å². The van der Waals surface area contributed by atoms with Gasteiger partial charge in [0.1, 0.15) is 0 Å². The van der Waals surface area contributed by atoms with Gasteiger partial charge in [0, 0.05) is 18.1 Å². The molecule has 82 valence electrons. The van der Waals surface area contributed by atoms with E-state index in [0.717, 1.165) is 11.4 Å². The Morgan fingerprint density at radius 3 is 2.75 bits per heavy atom. The van der Waals surface area contributed by atoms with E-state index >= 15 is 0 Å². The summed E-state index contributed by atoms with van der Waals surface area (Å²) in [6, 6.07) is 5.85. The van der Waals surface area contributed by atoms with Crippen molar-refractivity contribution in [1.29, 1.82) is 0 Å². The van der Waals surface area contributed by atoms with E-state index in [0.29, 0.717) is 12.5 Å². The van der Waals surface area contributed by atoms with Crippen LogP contribution in [-0.2, 0) is 6.54 Å². The summed E-state index contributed by atoms with van der Waals surface area (Å²) in [7, 11) is 0. The summed E-state index contributed by atoms with van der Waals surface area (Å²) < 4.78 is 0. The standard InChI is InChI=1S/C12H14N4/c1-9-4-3-6-13-11(9)8-15-12-14-7-5-10(2)16-12/h3-7H,8H2,1-2H3,(H,14,15,16). The predicted molar refractivity (Wildman–Crippen MR) is 63.1 cm³/mol. The molecular weight excluding hydrogens is 200 g/mol. The van der Waals surface area contributed by atoms with Crippen molar-refractivity contribution in [3.63, 3.8) is 0 Å². The van der Waals surface area contributed by atoms with E-state index in [2.05, 4.69) is 20.3 Å². The second-order valence-corrected chi connectivity index (χ2v) is 3.64. The number of aromatic nitrogens is 3. The number of nitrogens with zero attached hydrogens (tertiary/aromatic N) is 3.